The van der Waals surface area contributed by atoms with Gasteiger partial charge in [0.1, 0.15) is 0 Å². The molecular formula is C11H24N2O. The van der Waals surface area contributed by atoms with Crippen molar-refractivity contribution in [2.24, 2.45) is 11.7 Å². The van der Waals surface area contributed by atoms with Crippen molar-refractivity contribution in [3.8, 4) is 0 Å². The molecule has 1 aliphatic heterocycles. The van der Waals surface area contributed by atoms with Crippen molar-refractivity contribution in [3.05, 3.63) is 0 Å². The van der Waals surface area contributed by atoms with Crippen LogP contribution in [0.2, 0.25) is 0 Å². The molecule has 1 rings (SSSR count). The Morgan fingerprint density at radius 3 is 3.00 bits per heavy atom. The Hall–Kier alpha value is -0.120. The zero-order valence-electron chi connectivity index (χ0n) is 9.54. The van der Waals surface area contributed by atoms with Crippen LogP contribution in [0.1, 0.15) is 26.2 Å². The molecule has 14 heavy (non-hydrogen) atoms. The van der Waals surface area contributed by atoms with Gasteiger partial charge < -0.3 is 15.4 Å². The summed E-state index contributed by atoms with van der Waals surface area (Å²) >= 11 is 0. The summed E-state index contributed by atoms with van der Waals surface area (Å²) < 4.78 is 5.10. The molecule has 1 saturated heterocycles. The lowest BCUT2D eigenvalue weighted by Crippen LogP contribution is -2.32. The highest BCUT2D eigenvalue weighted by Crippen LogP contribution is 2.21. The highest BCUT2D eigenvalue weighted by atomic mass is 16.5. The lowest BCUT2D eigenvalue weighted by molar-refractivity contribution is 0.150. The van der Waals surface area contributed by atoms with E-state index >= 15 is 0 Å². The SMILES string of the molecule is COCCC(C)N1CCC(CCN)C1. The van der Waals surface area contributed by atoms with Crippen LogP contribution in [0.3, 0.4) is 0 Å². The van der Waals surface area contributed by atoms with Gasteiger partial charge in [0.05, 0.1) is 0 Å². The Bertz CT molecular complexity index is 152. The fourth-order valence-electron chi connectivity index (χ4n) is 2.21. The Labute approximate surface area is 87.6 Å². The molecule has 2 atom stereocenters. The van der Waals surface area contributed by atoms with E-state index in [4.69, 9.17) is 10.5 Å². The Morgan fingerprint density at radius 1 is 1.57 bits per heavy atom. The summed E-state index contributed by atoms with van der Waals surface area (Å²) in [6.45, 7) is 6.49. The van der Waals surface area contributed by atoms with E-state index in [0.717, 1.165) is 25.5 Å². The van der Waals surface area contributed by atoms with Gasteiger partial charge in [-0.3, -0.25) is 0 Å². The maximum atomic E-state index is 5.57. The van der Waals surface area contributed by atoms with E-state index in [0.29, 0.717) is 6.04 Å². The molecule has 0 radical (unpaired) electrons. The first kappa shape index (κ1) is 12.0. The van der Waals surface area contributed by atoms with E-state index in [1.54, 1.807) is 7.11 Å². The summed E-state index contributed by atoms with van der Waals surface area (Å²) in [5.41, 5.74) is 5.57. The molecule has 2 N–H and O–H groups in total. The molecule has 0 aromatic rings. The van der Waals surface area contributed by atoms with Crippen LogP contribution in [0.25, 0.3) is 0 Å². The molecule has 2 unspecified atom stereocenters. The average Bonchev–Trinajstić information content (AvgIpc) is 2.63. The summed E-state index contributed by atoms with van der Waals surface area (Å²) in [7, 11) is 1.77. The summed E-state index contributed by atoms with van der Waals surface area (Å²) in [4.78, 5) is 2.57. The minimum Gasteiger partial charge on any atom is -0.385 e. The molecule has 0 amide bonds. The van der Waals surface area contributed by atoms with Gasteiger partial charge in [0.15, 0.2) is 0 Å². The molecule has 3 heteroatoms. The third kappa shape index (κ3) is 3.56. The van der Waals surface area contributed by atoms with Crippen LogP contribution in [0.4, 0.5) is 0 Å². The standard InChI is InChI=1S/C11H24N2O/c1-10(5-8-14-2)13-7-4-11(9-13)3-6-12/h10-11H,3-9,12H2,1-2H3. The second-order valence-electron chi connectivity index (χ2n) is 4.36. The predicted octanol–water partition coefficient (Wildman–Crippen LogP) is 1.08. The molecule has 1 fully saturated rings. The van der Waals surface area contributed by atoms with Crippen molar-refractivity contribution in [3.63, 3.8) is 0 Å². The Kier molecular flexibility index (Phi) is 5.45. The molecule has 0 aromatic heterocycles. The fourth-order valence-corrected chi connectivity index (χ4v) is 2.21. The van der Waals surface area contributed by atoms with Gasteiger partial charge in [-0.15, -0.1) is 0 Å². The molecule has 0 aromatic carbocycles. The van der Waals surface area contributed by atoms with Gasteiger partial charge in [0.2, 0.25) is 0 Å². The molecular weight excluding hydrogens is 176 g/mol. The fraction of sp³-hybridized carbons (Fsp3) is 1.00. The van der Waals surface area contributed by atoms with Gasteiger partial charge in [0, 0.05) is 26.3 Å². The van der Waals surface area contributed by atoms with Crippen LogP contribution in [0.15, 0.2) is 0 Å². The second kappa shape index (κ2) is 6.38. The minimum absolute atomic E-state index is 0.665. The maximum Gasteiger partial charge on any atom is 0.0477 e. The van der Waals surface area contributed by atoms with Crippen molar-refractivity contribution in [2.45, 2.75) is 32.2 Å². The predicted molar refractivity (Wildman–Crippen MR) is 59.3 cm³/mol. The summed E-state index contributed by atoms with van der Waals surface area (Å²) in [5.74, 6) is 0.838. The van der Waals surface area contributed by atoms with Crippen LogP contribution in [-0.4, -0.2) is 44.3 Å². The number of methoxy groups -OCH3 is 1. The highest BCUT2D eigenvalue weighted by Gasteiger charge is 2.24. The van der Waals surface area contributed by atoms with Gasteiger partial charge >= 0.3 is 0 Å². The highest BCUT2D eigenvalue weighted by molar-refractivity contribution is 4.79. The average molecular weight is 200 g/mol. The number of nitrogens with zero attached hydrogens (tertiary/aromatic N) is 1. The number of rotatable bonds is 6. The van der Waals surface area contributed by atoms with Gasteiger partial charge in [-0.1, -0.05) is 0 Å². The van der Waals surface area contributed by atoms with Crippen LogP contribution >= 0.6 is 0 Å². The van der Waals surface area contributed by atoms with Gasteiger partial charge in [-0.05, 0) is 45.2 Å². The van der Waals surface area contributed by atoms with E-state index in [-0.39, 0.29) is 0 Å². The summed E-state index contributed by atoms with van der Waals surface area (Å²) in [6, 6.07) is 0.665. The van der Waals surface area contributed by atoms with Gasteiger partial charge in [-0.2, -0.15) is 0 Å². The first-order valence-electron chi connectivity index (χ1n) is 5.71. The van der Waals surface area contributed by atoms with Gasteiger partial charge in [0.25, 0.3) is 0 Å². The topological polar surface area (TPSA) is 38.5 Å². The van der Waals surface area contributed by atoms with Crippen LogP contribution in [-0.2, 0) is 4.74 Å². The molecule has 0 bridgehead atoms. The molecule has 0 spiro atoms. The third-order valence-electron chi connectivity index (χ3n) is 3.26. The lowest BCUT2D eigenvalue weighted by Gasteiger charge is -2.24. The van der Waals surface area contributed by atoms with E-state index < -0.39 is 0 Å². The number of hydrogen-bond donors (Lipinski definition) is 1. The lowest BCUT2D eigenvalue weighted by atomic mass is 10.1. The second-order valence-corrected chi connectivity index (χ2v) is 4.36. The monoisotopic (exact) mass is 200 g/mol. The Balaban J connectivity index is 2.19. The smallest absolute Gasteiger partial charge is 0.0477 e. The number of likely N-dealkylation sites (tertiary alicyclic amines) is 1. The Morgan fingerprint density at radius 2 is 2.36 bits per heavy atom. The van der Waals surface area contributed by atoms with Crippen molar-refractivity contribution in [1.29, 1.82) is 0 Å². The van der Waals surface area contributed by atoms with Crippen molar-refractivity contribution >= 4 is 0 Å². The molecule has 1 aliphatic rings. The first-order chi connectivity index (χ1) is 6.77. The molecule has 1 heterocycles. The van der Waals surface area contributed by atoms with E-state index in [9.17, 15) is 0 Å². The molecule has 0 aliphatic carbocycles. The maximum absolute atomic E-state index is 5.57. The van der Waals surface area contributed by atoms with E-state index in [2.05, 4.69) is 11.8 Å². The number of hydrogen-bond acceptors (Lipinski definition) is 3. The quantitative estimate of drug-likeness (QED) is 0.697. The van der Waals surface area contributed by atoms with Crippen LogP contribution in [0.5, 0.6) is 0 Å². The zero-order valence-corrected chi connectivity index (χ0v) is 9.54. The minimum atomic E-state index is 0.665. The van der Waals surface area contributed by atoms with Gasteiger partial charge in [-0.25, -0.2) is 0 Å². The van der Waals surface area contributed by atoms with Crippen molar-refractivity contribution in [1.82, 2.24) is 4.90 Å². The summed E-state index contributed by atoms with van der Waals surface area (Å²) in [5, 5.41) is 0. The van der Waals surface area contributed by atoms with Crippen LogP contribution < -0.4 is 5.73 Å². The third-order valence-corrected chi connectivity index (χ3v) is 3.26. The number of nitrogens with two attached hydrogens (primary N) is 1. The van der Waals surface area contributed by atoms with Crippen LogP contribution in [0, 0.1) is 5.92 Å². The zero-order chi connectivity index (χ0) is 10.4. The largest absolute Gasteiger partial charge is 0.385 e. The van der Waals surface area contributed by atoms with Crippen molar-refractivity contribution < 1.29 is 4.74 Å². The summed E-state index contributed by atoms with van der Waals surface area (Å²) in [6.07, 6.45) is 3.66. The van der Waals surface area contributed by atoms with Crippen molar-refractivity contribution in [2.75, 3.05) is 33.4 Å². The van der Waals surface area contributed by atoms with E-state index in [1.807, 2.05) is 0 Å². The molecule has 3 nitrogen and oxygen atoms in total. The normalized spacial score (nSPS) is 25.5. The molecule has 0 saturated carbocycles. The first-order valence-corrected chi connectivity index (χ1v) is 5.71. The van der Waals surface area contributed by atoms with E-state index in [1.165, 1.54) is 25.9 Å². The molecule has 84 valence electrons. The number of ether oxygens (including phenoxy) is 1.